The molecule has 2 heterocycles. The van der Waals surface area contributed by atoms with Crippen LogP contribution in [0.5, 0.6) is 0 Å². The molecule has 6 heteroatoms. The maximum Gasteiger partial charge on any atom is 0.258 e. The number of nitrogens with zero attached hydrogens (tertiary/aromatic N) is 3. The number of hydrogen-bond acceptors (Lipinski definition) is 4. The van der Waals surface area contributed by atoms with Gasteiger partial charge in [0.25, 0.3) is 5.91 Å². The van der Waals surface area contributed by atoms with E-state index < -0.39 is 0 Å². The lowest BCUT2D eigenvalue weighted by atomic mass is 10.2. The molecule has 108 valence electrons. The predicted molar refractivity (Wildman–Crippen MR) is 82.7 cm³/mol. The third-order valence-corrected chi connectivity index (χ3v) is 3.61. The van der Waals surface area contributed by atoms with Crippen molar-refractivity contribution in [3.8, 4) is 0 Å². The van der Waals surface area contributed by atoms with Crippen LogP contribution in [0.3, 0.4) is 0 Å². The first-order valence-corrected chi connectivity index (χ1v) is 6.78. The number of fused-ring (bicyclic) bond motifs is 2. The molecular weight excluding hydrogens is 280 g/mol. The van der Waals surface area contributed by atoms with E-state index in [1.807, 2.05) is 35.9 Å². The Balaban J connectivity index is 1.69. The van der Waals surface area contributed by atoms with Crippen LogP contribution in [-0.2, 0) is 7.05 Å². The van der Waals surface area contributed by atoms with Gasteiger partial charge in [0, 0.05) is 12.6 Å². The number of carbonyl (C=O) groups excluding carboxylic acids is 1. The molecule has 0 atom stereocenters. The van der Waals surface area contributed by atoms with E-state index in [0.29, 0.717) is 17.1 Å². The Morgan fingerprint density at radius 1 is 1.18 bits per heavy atom. The summed E-state index contributed by atoms with van der Waals surface area (Å²) in [7, 11) is 1.87. The zero-order valence-corrected chi connectivity index (χ0v) is 11.8. The number of oxazole rings is 1. The van der Waals surface area contributed by atoms with Crippen LogP contribution in [-0.4, -0.2) is 20.4 Å². The van der Waals surface area contributed by atoms with Crippen molar-refractivity contribution in [3.63, 3.8) is 0 Å². The van der Waals surface area contributed by atoms with E-state index in [2.05, 4.69) is 15.3 Å². The van der Waals surface area contributed by atoms with Crippen LogP contribution in [0.15, 0.2) is 53.3 Å². The molecule has 0 radical (unpaired) electrons. The Morgan fingerprint density at radius 3 is 2.91 bits per heavy atom. The molecule has 0 spiro atoms. The maximum absolute atomic E-state index is 12.4. The molecule has 0 aliphatic heterocycles. The van der Waals surface area contributed by atoms with Gasteiger partial charge in [-0.25, -0.2) is 9.97 Å². The number of rotatable bonds is 2. The molecule has 0 fully saturated rings. The number of hydrogen-bond donors (Lipinski definition) is 1. The molecule has 6 nitrogen and oxygen atoms in total. The van der Waals surface area contributed by atoms with Crippen molar-refractivity contribution in [1.29, 1.82) is 0 Å². The minimum absolute atomic E-state index is 0.239. The molecule has 2 aromatic carbocycles. The summed E-state index contributed by atoms with van der Waals surface area (Å²) in [6.45, 7) is 0. The summed E-state index contributed by atoms with van der Waals surface area (Å²) in [5.41, 5.74) is 3.60. The van der Waals surface area contributed by atoms with Crippen LogP contribution >= 0.6 is 0 Å². The average molecular weight is 292 g/mol. The fourth-order valence-electron chi connectivity index (χ4n) is 2.43. The largest absolute Gasteiger partial charge is 0.443 e. The lowest BCUT2D eigenvalue weighted by Gasteiger charge is -2.05. The highest BCUT2D eigenvalue weighted by molar-refractivity contribution is 6.05. The molecule has 0 aliphatic rings. The van der Waals surface area contributed by atoms with Gasteiger partial charge in [-0.1, -0.05) is 12.1 Å². The number of imidazole rings is 1. The monoisotopic (exact) mass is 292 g/mol. The Bertz CT molecular complexity index is 1000. The molecular formula is C16H12N4O2. The SMILES string of the molecule is Cn1c(NC(=O)c2ccc3ncoc3c2)nc2ccccc21. The minimum atomic E-state index is -0.239. The molecule has 0 bridgehead atoms. The van der Waals surface area contributed by atoms with Crippen molar-refractivity contribution < 1.29 is 9.21 Å². The van der Waals surface area contributed by atoms with Gasteiger partial charge in [-0.3, -0.25) is 10.1 Å². The first kappa shape index (κ1) is 12.6. The van der Waals surface area contributed by atoms with Gasteiger partial charge in [-0.05, 0) is 30.3 Å². The van der Waals surface area contributed by atoms with Gasteiger partial charge in [0.1, 0.15) is 5.52 Å². The van der Waals surface area contributed by atoms with E-state index in [0.717, 1.165) is 16.6 Å². The van der Waals surface area contributed by atoms with Crippen LogP contribution in [0.25, 0.3) is 22.1 Å². The smallest absolute Gasteiger partial charge is 0.258 e. The third-order valence-electron chi connectivity index (χ3n) is 3.61. The number of amides is 1. The van der Waals surface area contributed by atoms with Crippen molar-refractivity contribution in [2.45, 2.75) is 0 Å². The normalized spacial score (nSPS) is 11.1. The Morgan fingerprint density at radius 2 is 2.05 bits per heavy atom. The van der Waals surface area contributed by atoms with Crippen molar-refractivity contribution in [2.24, 2.45) is 7.05 Å². The van der Waals surface area contributed by atoms with E-state index in [1.165, 1.54) is 6.39 Å². The molecule has 0 saturated carbocycles. The van der Waals surface area contributed by atoms with Gasteiger partial charge in [-0.15, -0.1) is 0 Å². The second-order valence-corrected chi connectivity index (χ2v) is 4.97. The number of nitrogens with one attached hydrogen (secondary N) is 1. The summed E-state index contributed by atoms with van der Waals surface area (Å²) in [4.78, 5) is 20.8. The zero-order valence-electron chi connectivity index (χ0n) is 11.8. The molecule has 1 amide bonds. The van der Waals surface area contributed by atoms with Gasteiger partial charge in [0.15, 0.2) is 12.0 Å². The number of carbonyl (C=O) groups is 1. The molecule has 0 aliphatic carbocycles. The first-order valence-electron chi connectivity index (χ1n) is 6.78. The quantitative estimate of drug-likeness (QED) is 0.616. The topological polar surface area (TPSA) is 73.0 Å². The predicted octanol–water partition coefficient (Wildman–Crippen LogP) is 2.97. The summed E-state index contributed by atoms with van der Waals surface area (Å²) >= 11 is 0. The standard InChI is InChI=1S/C16H12N4O2/c1-20-13-5-3-2-4-11(13)18-16(20)19-15(21)10-6-7-12-14(8-10)22-9-17-12/h2-9H,1H3,(H,18,19,21). The van der Waals surface area contributed by atoms with Crippen molar-refractivity contribution in [1.82, 2.24) is 14.5 Å². The maximum atomic E-state index is 12.4. The molecule has 0 unspecified atom stereocenters. The van der Waals surface area contributed by atoms with Crippen molar-refractivity contribution >= 4 is 34.0 Å². The highest BCUT2D eigenvalue weighted by atomic mass is 16.3. The average Bonchev–Trinajstić information content (AvgIpc) is 3.12. The van der Waals surface area contributed by atoms with Gasteiger partial charge < -0.3 is 8.98 Å². The number of aryl methyl sites for hydroxylation is 1. The molecule has 4 rings (SSSR count). The number of anilines is 1. The van der Waals surface area contributed by atoms with Gasteiger partial charge in [0.05, 0.1) is 11.0 Å². The molecule has 2 aromatic heterocycles. The summed E-state index contributed by atoms with van der Waals surface area (Å²) in [5, 5.41) is 2.82. The Labute approximate surface area is 125 Å². The fraction of sp³-hybridized carbons (Fsp3) is 0.0625. The zero-order chi connectivity index (χ0) is 15.1. The Hall–Kier alpha value is -3.15. The number of para-hydroxylation sites is 2. The van der Waals surface area contributed by atoms with E-state index >= 15 is 0 Å². The van der Waals surface area contributed by atoms with Crippen LogP contribution in [0.4, 0.5) is 5.95 Å². The molecule has 0 saturated heterocycles. The lowest BCUT2D eigenvalue weighted by Crippen LogP contribution is -2.14. The first-order chi connectivity index (χ1) is 10.7. The fourth-order valence-corrected chi connectivity index (χ4v) is 2.43. The summed E-state index contributed by atoms with van der Waals surface area (Å²) in [6, 6.07) is 12.8. The molecule has 4 aromatic rings. The molecule has 1 N–H and O–H groups in total. The summed E-state index contributed by atoms with van der Waals surface area (Å²) in [5.74, 6) is 0.264. The highest BCUT2D eigenvalue weighted by Gasteiger charge is 2.13. The van der Waals surface area contributed by atoms with Crippen LogP contribution < -0.4 is 5.32 Å². The van der Waals surface area contributed by atoms with Crippen LogP contribution in [0, 0.1) is 0 Å². The van der Waals surface area contributed by atoms with Gasteiger partial charge >= 0.3 is 0 Å². The van der Waals surface area contributed by atoms with Gasteiger partial charge in [0.2, 0.25) is 5.95 Å². The second kappa shape index (κ2) is 4.70. The van der Waals surface area contributed by atoms with E-state index in [4.69, 9.17) is 4.42 Å². The van der Waals surface area contributed by atoms with Gasteiger partial charge in [-0.2, -0.15) is 0 Å². The van der Waals surface area contributed by atoms with E-state index in [-0.39, 0.29) is 5.91 Å². The third kappa shape index (κ3) is 1.93. The highest BCUT2D eigenvalue weighted by Crippen LogP contribution is 2.19. The molecule has 22 heavy (non-hydrogen) atoms. The summed E-state index contributed by atoms with van der Waals surface area (Å²) < 4.78 is 7.07. The second-order valence-electron chi connectivity index (χ2n) is 4.97. The van der Waals surface area contributed by atoms with Crippen molar-refractivity contribution in [3.05, 3.63) is 54.4 Å². The lowest BCUT2D eigenvalue weighted by molar-refractivity contribution is 0.102. The Kier molecular flexibility index (Phi) is 2.69. The van der Waals surface area contributed by atoms with Crippen LogP contribution in [0.1, 0.15) is 10.4 Å². The van der Waals surface area contributed by atoms with E-state index in [1.54, 1.807) is 18.2 Å². The number of aromatic nitrogens is 3. The van der Waals surface area contributed by atoms with Crippen molar-refractivity contribution in [2.75, 3.05) is 5.32 Å². The van der Waals surface area contributed by atoms with E-state index in [9.17, 15) is 4.79 Å². The minimum Gasteiger partial charge on any atom is -0.443 e. The number of benzene rings is 2. The van der Waals surface area contributed by atoms with Crippen LogP contribution in [0.2, 0.25) is 0 Å². The summed E-state index contributed by atoms with van der Waals surface area (Å²) in [6.07, 6.45) is 1.36.